The Hall–Kier alpha value is -4.23. The first-order valence-corrected chi connectivity index (χ1v) is 15.9. The van der Waals surface area contributed by atoms with Crippen LogP contribution in [0.3, 0.4) is 0 Å². The van der Waals surface area contributed by atoms with E-state index < -0.39 is 12.5 Å². The zero-order valence-electron chi connectivity index (χ0n) is 26.5. The number of rotatable bonds is 10. The number of amides is 1. The minimum Gasteiger partial charge on any atom is -0.480 e. The molecule has 1 aromatic heterocycles. The maximum Gasteiger partial charge on any atom is 0.323 e. The molecule has 8 heteroatoms. The summed E-state index contributed by atoms with van der Waals surface area (Å²) in [4.78, 5) is 39.3. The number of benzene rings is 3. The van der Waals surface area contributed by atoms with Crippen molar-refractivity contribution >= 4 is 29.4 Å². The third kappa shape index (κ3) is 7.90. The van der Waals surface area contributed by atoms with Crippen LogP contribution in [0.4, 0.5) is 5.95 Å². The Morgan fingerprint density at radius 3 is 2.38 bits per heavy atom. The number of carboxylic acid groups (broad SMARTS) is 1. The fourth-order valence-corrected chi connectivity index (χ4v) is 6.09. The molecule has 1 aliphatic rings. The lowest BCUT2D eigenvalue weighted by Gasteiger charge is -2.27. The van der Waals surface area contributed by atoms with Crippen molar-refractivity contribution in [2.75, 3.05) is 18.0 Å². The number of aliphatic carboxylic acids is 1. The van der Waals surface area contributed by atoms with Gasteiger partial charge >= 0.3 is 5.97 Å². The molecule has 5 rings (SSSR count). The van der Waals surface area contributed by atoms with Crippen molar-refractivity contribution in [2.24, 2.45) is 0 Å². The number of hydrogen-bond acceptors (Lipinski definition) is 5. The lowest BCUT2D eigenvalue weighted by molar-refractivity contribution is -0.137. The van der Waals surface area contributed by atoms with Crippen LogP contribution >= 0.6 is 11.6 Å². The van der Waals surface area contributed by atoms with Crippen molar-refractivity contribution in [1.29, 1.82) is 0 Å². The maximum absolute atomic E-state index is 14.1. The monoisotopic (exact) mass is 624 g/mol. The molecule has 1 fully saturated rings. The zero-order chi connectivity index (χ0) is 32.1. The van der Waals surface area contributed by atoms with Crippen LogP contribution in [-0.2, 0) is 29.6 Å². The molecule has 1 atom stereocenters. The van der Waals surface area contributed by atoms with Crippen LogP contribution in [0, 0.1) is 6.92 Å². The fraction of sp³-hybridized carbons (Fsp3) is 0.351. The van der Waals surface area contributed by atoms with Gasteiger partial charge in [0.1, 0.15) is 6.54 Å². The van der Waals surface area contributed by atoms with Crippen LogP contribution in [0.1, 0.15) is 83.5 Å². The highest BCUT2D eigenvalue weighted by molar-refractivity contribution is 6.30. The first-order valence-electron chi connectivity index (χ1n) is 15.5. The summed E-state index contributed by atoms with van der Waals surface area (Å²) < 4.78 is 0. The van der Waals surface area contributed by atoms with Gasteiger partial charge in [-0.15, -0.1) is 0 Å². The van der Waals surface area contributed by atoms with Crippen molar-refractivity contribution in [2.45, 2.75) is 71.4 Å². The first kappa shape index (κ1) is 32.2. The summed E-state index contributed by atoms with van der Waals surface area (Å²) in [5.41, 5.74) is 6.47. The van der Waals surface area contributed by atoms with Gasteiger partial charge in [0.05, 0.1) is 17.3 Å². The SMILES string of the molecule is Cc1ccccc1CCc1nc(N2CCCC2c2ccc(Cl)cc2)ncc1C(=O)N(CC(=O)O)Cc1ccc(C(C)(C)C)cc1. The van der Waals surface area contributed by atoms with Crippen molar-refractivity contribution < 1.29 is 14.7 Å². The molecule has 7 nitrogen and oxygen atoms in total. The van der Waals surface area contributed by atoms with E-state index in [1.165, 1.54) is 21.6 Å². The Balaban J connectivity index is 1.48. The summed E-state index contributed by atoms with van der Waals surface area (Å²) in [6.07, 6.45) is 4.76. The van der Waals surface area contributed by atoms with Crippen molar-refractivity contribution in [3.05, 3.63) is 123 Å². The lowest BCUT2D eigenvalue weighted by Crippen LogP contribution is -2.36. The third-order valence-corrected chi connectivity index (χ3v) is 8.80. The molecule has 1 amide bonds. The Morgan fingerprint density at radius 2 is 1.71 bits per heavy atom. The predicted molar refractivity (Wildman–Crippen MR) is 179 cm³/mol. The average molecular weight is 625 g/mol. The van der Waals surface area contributed by atoms with E-state index in [1.54, 1.807) is 6.20 Å². The van der Waals surface area contributed by atoms with Gasteiger partial charge < -0.3 is 14.9 Å². The summed E-state index contributed by atoms with van der Waals surface area (Å²) in [7, 11) is 0. The average Bonchev–Trinajstić information content (AvgIpc) is 3.50. The maximum atomic E-state index is 14.1. The first-order chi connectivity index (χ1) is 21.5. The number of carbonyl (C=O) groups is 2. The van der Waals surface area contributed by atoms with Gasteiger partial charge in [0, 0.05) is 24.3 Å². The summed E-state index contributed by atoms with van der Waals surface area (Å²) in [6, 6.07) is 24.2. The summed E-state index contributed by atoms with van der Waals surface area (Å²) in [5.74, 6) is -0.887. The summed E-state index contributed by atoms with van der Waals surface area (Å²) in [6.45, 7) is 9.04. The van der Waals surface area contributed by atoms with E-state index >= 15 is 0 Å². The number of aromatic nitrogens is 2. The topological polar surface area (TPSA) is 86.6 Å². The molecule has 0 bridgehead atoms. The third-order valence-electron chi connectivity index (χ3n) is 8.55. The van der Waals surface area contributed by atoms with E-state index in [1.807, 2.05) is 60.7 Å². The second-order valence-electron chi connectivity index (χ2n) is 12.9. The van der Waals surface area contributed by atoms with Crippen LogP contribution in [0.2, 0.25) is 5.02 Å². The van der Waals surface area contributed by atoms with Crippen LogP contribution < -0.4 is 4.90 Å². The predicted octanol–water partition coefficient (Wildman–Crippen LogP) is 7.59. The molecule has 0 saturated carbocycles. The second kappa shape index (κ2) is 13.8. The van der Waals surface area contributed by atoms with Gasteiger partial charge in [0.25, 0.3) is 5.91 Å². The molecule has 0 spiro atoms. The number of carboxylic acids is 1. The van der Waals surface area contributed by atoms with Crippen molar-refractivity contribution in [1.82, 2.24) is 14.9 Å². The van der Waals surface area contributed by atoms with E-state index in [-0.39, 0.29) is 23.9 Å². The van der Waals surface area contributed by atoms with Crippen LogP contribution in [0.15, 0.2) is 79.0 Å². The second-order valence-corrected chi connectivity index (χ2v) is 13.3. The van der Waals surface area contributed by atoms with Crippen molar-refractivity contribution in [3.8, 4) is 0 Å². The van der Waals surface area contributed by atoms with E-state index in [2.05, 4.69) is 44.7 Å². The minimum absolute atomic E-state index is 0.0118. The van der Waals surface area contributed by atoms with Gasteiger partial charge in [-0.25, -0.2) is 9.97 Å². The minimum atomic E-state index is -1.07. The molecule has 1 aliphatic heterocycles. The molecule has 1 unspecified atom stereocenters. The number of aryl methyl sites for hydroxylation is 3. The van der Waals surface area contributed by atoms with Gasteiger partial charge in [0.2, 0.25) is 5.95 Å². The molecular weight excluding hydrogens is 584 g/mol. The van der Waals surface area contributed by atoms with Gasteiger partial charge in [-0.05, 0) is 78.0 Å². The molecule has 2 heterocycles. The molecule has 3 aromatic carbocycles. The van der Waals surface area contributed by atoms with Gasteiger partial charge in [-0.1, -0.05) is 93.0 Å². The smallest absolute Gasteiger partial charge is 0.323 e. The fourth-order valence-electron chi connectivity index (χ4n) is 5.96. The molecule has 0 radical (unpaired) electrons. The molecule has 234 valence electrons. The quantitative estimate of drug-likeness (QED) is 0.196. The number of nitrogens with zero attached hydrogens (tertiary/aromatic N) is 4. The highest BCUT2D eigenvalue weighted by atomic mass is 35.5. The molecule has 0 aliphatic carbocycles. The van der Waals surface area contributed by atoms with Gasteiger partial charge in [-0.3, -0.25) is 9.59 Å². The lowest BCUT2D eigenvalue weighted by atomic mass is 9.87. The standard InChI is InChI=1S/C37H41ClN4O3/c1-25-8-5-6-9-27(25)15-20-32-31(22-39-36(40-32)42-21-7-10-33(42)28-13-18-30(38)19-14-28)35(45)41(24-34(43)44)23-26-11-16-29(17-12-26)37(2,3)4/h5-6,8-9,11-14,16-19,22,33H,7,10,15,20-21,23-24H2,1-4H3,(H,43,44). The highest BCUT2D eigenvalue weighted by Gasteiger charge is 2.30. The number of carbonyl (C=O) groups excluding carboxylic acids is 1. The molecule has 4 aromatic rings. The van der Waals surface area contributed by atoms with E-state index in [9.17, 15) is 14.7 Å². The molecule has 1 N–H and O–H groups in total. The van der Waals surface area contributed by atoms with Crippen molar-refractivity contribution in [3.63, 3.8) is 0 Å². The molecule has 45 heavy (non-hydrogen) atoms. The van der Waals surface area contributed by atoms with Crippen LogP contribution in [0.25, 0.3) is 0 Å². The Bertz CT molecular complexity index is 1650. The summed E-state index contributed by atoms with van der Waals surface area (Å²) >= 11 is 6.16. The molecular formula is C37H41ClN4O3. The summed E-state index contributed by atoms with van der Waals surface area (Å²) in [5, 5.41) is 10.5. The van der Waals surface area contributed by atoms with Crippen LogP contribution in [-0.4, -0.2) is 44.9 Å². The van der Waals surface area contributed by atoms with Gasteiger partial charge in [-0.2, -0.15) is 0 Å². The van der Waals surface area contributed by atoms with E-state index in [4.69, 9.17) is 21.6 Å². The Labute approximate surface area is 270 Å². The number of hydrogen-bond donors (Lipinski definition) is 1. The molecule has 1 saturated heterocycles. The van der Waals surface area contributed by atoms with E-state index in [0.29, 0.717) is 35.1 Å². The number of anilines is 1. The van der Waals surface area contributed by atoms with Gasteiger partial charge in [0.15, 0.2) is 0 Å². The Kier molecular flexibility index (Phi) is 9.88. The number of halogens is 1. The Morgan fingerprint density at radius 1 is 1.00 bits per heavy atom. The normalized spacial score (nSPS) is 14.9. The largest absolute Gasteiger partial charge is 0.480 e. The van der Waals surface area contributed by atoms with Crippen LogP contribution in [0.5, 0.6) is 0 Å². The highest BCUT2D eigenvalue weighted by Crippen LogP contribution is 2.35. The van der Waals surface area contributed by atoms with E-state index in [0.717, 1.165) is 30.5 Å². The zero-order valence-corrected chi connectivity index (χ0v) is 27.2.